The molecule has 2 aromatic rings. The van der Waals surface area contributed by atoms with Gasteiger partial charge in [-0.25, -0.2) is 4.79 Å². The Kier molecular flexibility index (Phi) is 6.25. The molecule has 26 heavy (non-hydrogen) atoms. The van der Waals surface area contributed by atoms with Gasteiger partial charge in [-0.15, -0.1) is 0 Å². The number of benzene rings is 1. The van der Waals surface area contributed by atoms with Crippen molar-refractivity contribution < 1.29 is 32.5 Å². The quantitative estimate of drug-likeness (QED) is 0.757. The molecule has 1 aromatic heterocycles. The lowest BCUT2D eigenvalue weighted by atomic mass is 9.94. The third kappa shape index (κ3) is 4.98. The number of aliphatic hydroxyl groups is 1. The number of aromatic nitrogens is 2. The molecule has 1 N–H and O–H groups in total. The van der Waals surface area contributed by atoms with Crippen LogP contribution < -0.4 is 4.74 Å². The fraction of sp³-hybridized carbons (Fsp3) is 0.412. The van der Waals surface area contributed by atoms with Crippen molar-refractivity contribution in [1.82, 2.24) is 9.78 Å². The molecule has 6 nitrogen and oxygen atoms in total. The lowest BCUT2D eigenvalue weighted by Crippen LogP contribution is -2.27. The van der Waals surface area contributed by atoms with Gasteiger partial charge in [0.15, 0.2) is 6.10 Å². The third-order valence-electron chi connectivity index (χ3n) is 3.83. The summed E-state index contributed by atoms with van der Waals surface area (Å²) in [5.41, 5.74) is 0.783. The van der Waals surface area contributed by atoms with Gasteiger partial charge in [0.25, 0.3) is 0 Å². The van der Waals surface area contributed by atoms with Crippen molar-refractivity contribution in [3.05, 3.63) is 47.8 Å². The monoisotopic (exact) mass is 372 g/mol. The first-order chi connectivity index (χ1) is 12.2. The molecule has 0 aliphatic rings. The maximum atomic E-state index is 12.6. The van der Waals surface area contributed by atoms with E-state index in [2.05, 4.69) is 9.84 Å². The number of halogens is 3. The highest BCUT2D eigenvalue weighted by atomic mass is 19.4. The van der Waals surface area contributed by atoms with Crippen LogP contribution in [0.15, 0.2) is 36.5 Å². The average Bonchev–Trinajstić information content (AvgIpc) is 3.03. The second-order valence-electron chi connectivity index (χ2n) is 5.68. The van der Waals surface area contributed by atoms with Gasteiger partial charge >= 0.3 is 12.1 Å². The van der Waals surface area contributed by atoms with Crippen LogP contribution in [0.2, 0.25) is 0 Å². The molecule has 0 spiro atoms. The molecule has 2 atom stereocenters. The molecule has 0 bridgehead atoms. The van der Waals surface area contributed by atoms with Gasteiger partial charge < -0.3 is 14.6 Å². The normalized spacial score (nSPS) is 13.9. The largest absolute Gasteiger partial charge is 0.487 e. The predicted molar refractivity (Wildman–Crippen MR) is 85.5 cm³/mol. The summed E-state index contributed by atoms with van der Waals surface area (Å²) in [6.45, 7) is 0.267. The number of nitrogens with zero attached hydrogens (tertiary/aromatic N) is 2. The number of methoxy groups -OCH3 is 1. The molecule has 0 aliphatic carbocycles. The Bertz CT molecular complexity index is 746. The van der Waals surface area contributed by atoms with Gasteiger partial charge in [-0.2, -0.15) is 18.3 Å². The standard InChI is InChI=1S/C17H19F3N2O4/c1-11(15(23)16(24)25-2)13-5-3-4-6-14(13)26-9-12-7-8-21-22(12)10-17(18,19)20/h3-8,11,15,23H,9-10H2,1-2H3/t11-,15+/m0/s1. The molecule has 9 heteroatoms. The van der Waals surface area contributed by atoms with E-state index < -0.39 is 30.7 Å². The molecule has 0 fully saturated rings. The lowest BCUT2D eigenvalue weighted by molar-refractivity contribution is -0.151. The van der Waals surface area contributed by atoms with Crippen molar-refractivity contribution in [3.63, 3.8) is 0 Å². The van der Waals surface area contributed by atoms with Gasteiger partial charge in [0.1, 0.15) is 18.9 Å². The maximum Gasteiger partial charge on any atom is 0.408 e. The van der Waals surface area contributed by atoms with E-state index in [9.17, 15) is 23.1 Å². The topological polar surface area (TPSA) is 73.6 Å². The van der Waals surface area contributed by atoms with E-state index in [0.717, 1.165) is 4.68 Å². The second kappa shape index (κ2) is 8.22. The number of carbonyl (C=O) groups is 1. The van der Waals surface area contributed by atoms with E-state index in [1.165, 1.54) is 19.4 Å². The van der Waals surface area contributed by atoms with Gasteiger partial charge in [0.05, 0.1) is 12.8 Å². The summed E-state index contributed by atoms with van der Waals surface area (Å²) in [6.07, 6.45) is -4.52. The highest BCUT2D eigenvalue weighted by Crippen LogP contribution is 2.30. The molecular formula is C17H19F3N2O4. The van der Waals surface area contributed by atoms with Gasteiger partial charge in [0, 0.05) is 17.7 Å². The molecule has 0 radical (unpaired) electrons. The van der Waals surface area contributed by atoms with E-state index in [1.54, 1.807) is 31.2 Å². The number of carbonyl (C=O) groups excluding carboxylic acids is 1. The van der Waals surface area contributed by atoms with E-state index >= 15 is 0 Å². The smallest absolute Gasteiger partial charge is 0.408 e. The van der Waals surface area contributed by atoms with Crippen molar-refractivity contribution in [2.45, 2.75) is 38.3 Å². The third-order valence-corrected chi connectivity index (χ3v) is 3.83. The number of hydrogen-bond donors (Lipinski definition) is 1. The molecule has 142 valence electrons. The molecule has 0 saturated carbocycles. The molecule has 1 heterocycles. The molecule has 2 rings (SSSR count). The number of hydrogen-bond acceptors (Lipinski definition) is 5. The summed E-state index contributed by atoms with van der Waals surface area (Å²) < 4.78 is 48.6. The van der Waals surface area contributed by atoms with Crippen LogP contribution in [0.5, 0.6) is 5.75 Å². The summed E-state index contributed by atoms with van der Waals surface area (Å²) >= 11 is 0. The zero-order valence-electron chi connectivity index (χ0n) is 14.2. The molecule has 0 unspecified atom stereocenters. The van der Waals surface area contributed by atoms with Crippen LogP contribution in [0.4, 0.5) is 13.2 Å². The van der Waals surface area contributed by atoms with Gasteiger partial charge in [0.2, 0.25) is 0 Å². The van der Waals surface area contributed by atoms with Gasteiger partial charge in [-0.3, -0.25) is 4.68 Å². The fourth-order valence-electron chi connectivity index (χ4n) is 2.43. The number of rotatable bonds is 7. The first-order valence-corrected chi connectivity index (χ1v) is 7.78. The Labute approximate surface area is 148 Å². The molecule has 0 amide bonds. The van der Waals surface area contributed by atoms with Crippen molar-refractivity contribution >= 4 is 5.97 Å². The SMILES string of the molecule is COC(=O)[C@H](O)[C@@H](C)c1ccccc1OCc1ccnn1CC(F)(F)F. The van der Waals surface area contributed by atoms with Crippen LogP contribution in [0.3, 0.4) is 0 Å². The Morgan fingerprint density at radius 2 is 2.00 bits per heavy atom. The molecular weight excluding hydrogens is 353 g/mol. The fourth-order valence-corrected chi connectivity index (χ4v) is 2.43. The van der Waals surface area contributed by atoms with Crippen LogP contribution in [0.25, 0.3) is 0 Å². The number of ether oxygens (including phenoxy) is 2. The van der Waals surface area contributed by atoms with Crippen molar-refractivity contribution in [2.75, 3.05) is 7.11 Å². The summed E-state index contributed by atoms with van der Waals surface area (Å²) in [6, 6.07) is 8.10. The minimum Gasteiger partial charge on any atom is -0.487 e. The van der Waals surface area contributed by atoms with Crippen LogP contribution in [-0.2, 0) is 22.7 Å². The molecule has 0 saturated heterocycles. The van der Waals surface area contributed by atoms with Crippen LogP contribution in [-0.4, -0.2) is 40.2 Å². The zero-order chi connectivity index (χ0) is 19.3. The first kappa shape index (κ1) is 19.8. The Morgan fingerprint density at radius 3 is 2.65 bits per heavy atom. The highest BCUT2D eigenvalue weighted by molar-refractivity contribution is 5.75. The minimum absolute atomic E-state index is 0.145. The Hall–Kier alpha value is -2.55. The number of aliphatic hydroxyl groups excluding tert-OH is 1. The van der Waals surface area contributed by atoms with Crippen LogP contribution in [0.1, 0.15) is 24.1 Å². The summed E-state index contributed by atoms with van der Waals surface area (Å²) in [5, 5.41) is 13.7. The minimum atomic E-state index is -4.39. The highest BCUT2D eigenvalue weighted by Gasteiger charge is 2.30. The number of esters is 1. The summed E-state index contributed by atoms with van der Waals surface area (Å²) in [5.74, 6) is -1.06. The van der Waals surface area contributed by atoms with E-state index in [0.29, 0.717) is 11.3 Å². The number of alkyl halides is 3. The van der Waals surface area contributed by atoms with E-state index in [1.807, 2.05) is 0 Å². The van der Waals surface area contributed by atoms with Crippen LogP contribution in [0, 0.1) is 0 Å². The zero-order valence-corrected chi connectivity index (χ0v) is 14.2. The average molecular weight is 372 g/mol. The second-order valence-corrected chi connectivity index (χ2v) is 5.68. The molecule has 1 aromatic carbocycles. The Morgan fingerprint density at radius 1 is 1.31 bits per heavy atom. The molecule has 0 aliphatic heterocycles. The van der Waals surface area contributed by atoms with E-state index in [-0.39, 0.29) is 12.3 Å². The Balaban J connectivity index is 2.15. The van der Waals surface area contributed by atoms with Crippen LogP contribution >= 0.6 is 0 Å². The van der Waals surface area contributed by atoms with Gasteiger partial charge in [-0.1, -0.05) is 25.1 Å². The van der Waals surface area contributed by atoms with E-state index in [4.69, 9.17) is 4.74 Å². The van der Waals surface area contributed by atoms with Gasteiger partial charge in [-0.05, 0) is 12.1 Å². The van der Waals surface area contributed by atoms with Crippen molar-refractivity contribution in [1.29, 1.82) is 0 Å². The van der Waals surface area contributed by atoms with Crippen molar-refractivity contribution in [3.8, 4) is 5.75 Å². The van der Waals surface area contributed by atoms with Crippen molar-refractivity contribution in [2.24, 2.45) is 0 Å². The summed E-state index contributed by atoms with van der Waals surface area (Å²) in [7, 11) is 1.17. The first-order valence-electron chi connectivity index (χ1n) is 7.78. The maximum absolute atomic E-state index is 12.6. The summed E-state index contributed by atoms with van der Waals surface area (Å²) in [4.78, 5) is 11.5. The predicted octanol–water partition coefficient (Wildman–Crippen LogP) is 2.66. The lowest BCUT2D eigenvalue weighted by Gasteiger charge is -2.20. The number of para-hydroxylation sites is 1.